The lowest BCUT2D eigenvalue weighted by Gasteiger charge is -2.13. The van der Waals surface area contributed by atoms with Crippen molar-refractivity contribution in [2.75, 3.05) is 25.6 Å². The van der Waals surface area contributed by atoms with Gasteiger partial charge in [-0.2, -0.15) is 0 Å². The number of halogens is 1. The Bertz CT molecular complexity index is 530. The van der Waals surface area contributed by atoms with Crippen molar-refractivity contribution in [2.45, 2.75) is 13.0 Å². The molecule has 6 heteroatoms. The van der Waals surface area contributed by atoms with E-state index in [1.165, 1.54) is 4.88 Å². The largest absolute Gasteiger partial charge is 0.475 e. The highest BCUT2D eigenvalue weighted by Gasteiger charge is 2.08. The molecule has 0 aliphatic heterocycles. The highest BCUT2D eigenvalue weighted by atomic mass is 35.5. The zero-order valence-corrected chi connectivity index (χ0v) is 13.0. The smallest absolute Gasteiger partial charge is 0.213 e. The van der Waals surface area contributed by atoms with Gasteiger partial charge in [-0.05, 0) is 25.1 Å². The van der Waals surface area contributed by atoms with Crippen LogP contribution in [0.1, 0.15) is 17.8 Å². The van der Waals surface area contributed by atoms with Gasteiger partial charge in [0.1, 0.15) is 6.61 Å². The van der Waals surface area contributed by atoms with Gasteiger partial charge in [-0.15, -0.1) is 11.3 Å². The van der Waals surface area contributed by atoms with Crippen LogP contribution in [0.15, 0.2) is 30.5 Å². The molecular formula is C14H17ClN2O2S. The van der Waals surface area contributed by atoms with Crippen LogP contribution in [0, 0.1) is 0 Å². The van der Waals surface area contributed by atoms with Gasteiger partial charge in [-0.3, -0.25) is 0 Å². The van der Waals surface area contributed by atoms with Gasteiger partial charge in [0.05, 0.1) is 28.9 Å². The number of aromatic nitrogens is 1. The third-order valence-electron chi connectivity index (χ3n) is 2.68. The average molecular weight is 313 g/mol. The van der Waals surface area contributed by atoms with Gasteiger partial charge in [0.15, 0.2) is 0 Å². The van der Waals surface area contributed by atoms with Crippen LogP contribution in [0.25, 0.3) is 0 Å². The summed E-state index contributed by atoms with van der Waals surface area (Å²) in [6.07, 6.45) is 1.76. The summed E-state index contributed by atoms with van der Waals surface area (Å²) < 4.78 is 11.1. The van der Waals surface area contributed by atoms with Crippen LogP contribution in [-0.2, 0) is 4.74 Å². The number of ether oxygens (including phenoxy) is 2. The number of nitrogens with one attached hydrogen (secondary N) is 1. The Morgan fingerprint density at radius 1 is 1.30 bits per heavy atom. The van der Waals surface area contributed by atoms with Crippen molar-refractivity contribution in [3.05, 3.63) is 39.7 Å². The van der Waals surface area contributed by atoms with E-state index in [-0.39, 0.29) is 6.04 Å². The number of pyridine rings is 1. The number of methoxy groups -OCH3 is 1. The maximum Gasteiger partial charge on any atom is 0.213 e. The van der Waals surface area contributed by atoms with Crippen molar-refractivity contribution in [3.63, 3.8) is 0 Å². The van der Waals surface area contributed by atoms with Gasteiger partial charge in [0.2, 0.25) is 5.88 Å². The van der Waals surface area contributed by atoms with Gasteiger partial charge in [-0.1, -0.05) is 11.6 Å². The molecule has 0 saturated carbocycles. The Kier molecular flexibility index (Phi) is 5.64. The first-order valence-corrected chi connectivity index (χ1v) is 7.48. The molecule has 1 unspecified atom stereocenters. The molecule has 108 valence electrons. The van der Waals surface area contributed by atoms with E-state index in [0.717, 1.165) is 10.0 Å². The van der Waals surface area contributed by atoms with Crippen LogP contribution < -0.4 is 10.1 Å². The van der Waals surface area contributed by atoms with Gasteiger partial charge in [-0.25, -0.2) is 4.98 Å². The molecule has 0 saturated heterocycles. The molecule has 0 amide bonds. The SMILES string of the molecule is COCCOc1ccc(NC(C)c2ccc(Cl)s2)cn1. The van der Waals surface area contributed by atoms with Gasteiger partial charge in [0.25, 0.3) is 0 Å². The average Bonchev–Trinajstić information content (AvgIpc) is 2.88. The zero-order valence-electron chi connectivity index (χ0n) is 11.4. The molecule has 2 aromatic heterocycles. The fourth-order valence-electron chi connectivity index (χ4n) is 1.66. The standard InChI is InChI=1S/C14H17ClN2O2S/c1-10(12-4-5-13(15)20-12)17-11-3-6-14(16-9-11)19-8-7-18-2/h3-6,9-10,17H,7-8H2,1-2H3. The van der Waals surface area contributed by atoms with Crippen molar-refractivity contribution < 1.29 is 9.47 Å². The molecular weight excluding hydrogens is 296 g/mol. The van der Waals surface area contributed by atoms with E-state index in [1.807, 2.05) is 24.3 Å². The van der Waals surface area contributed by atoms with Crippen LogP contribution >= 0.6 is 22.9 Å². The molecule has 20 heavy (non-hydrogen) atoms. The third kappa shape index (κ3) is 4.37. The van der Waals surface area contributed by atoms with Crippen molar-refractivity contribution in [1.82, 2.24) is 4.98 Å². The molecule has 0 fully saturated rings. The summed E-state index contributed by atoms with van der Waals surface area (Å²) >= 11 is 7.52. The van der Waals surface area contributed by atoms with Gasteiger partial charge in [0, 0.05) is 18.1 Å². The van der Waals surface area contributed by atoms with Crippen molar-refractivity contribution >= 4 is 28.6 Å². The minimum Gasteiger partial charge on any atom is -0.475 e. The monoisotopic (exact) mass is 312 g/mol. The Hall–Kier alpha value is -1.30. The van der Waals surface area contributed by atoms with Crippen molar-refractivity contribution in [2.24, 2.45) is 0 Å². The van der Waals surface area contributed by atoms with Gasteiger partial charge >= 0.3 is 0 Å². The second-order valence-corrected chi connectivity index (χ2v) is 5.98. The van der Waals surface area contributed by atoms with Crippen molar-refractivity contribution in [1.29, 1.82) is 0 Å². The number of hydrogen-bond donors (Lipinski definition) is 1. The first-order valence-electron chi connectivity index (χ1n) is 6.28. The molecule has 2 aromatic rings. The Balaban J connectivity index is 1.90. The molecule has 1 atom stereocenters. The Morgan fingerprint density at radius 2 is 2.15 bits per heavy atom. The molecule has 0 spiro atoms. The Morgan fingerprint density at radius 3 is 2.75 bits per heavy atom. The van der Waals surface area contributed by atoms with E-state index < -0.39 is 0 Å². The molecule has 2 rings (SSSR count). The van der Waals surface area contributed by atoms with Crippen LogP contribution in [0.2, 0.25) is 4.34 Å². The summed E-state index contributed by atoms with van der Waals surface area (Å²) in [7, 11) is 1.64. The maximum atomic E-state index is 5.94. The lowest BCUT2D eigenvalue weighted by Crippen LogP contribution is -2.07. The topological polar surface area (TPSA) is 43.4 Å². The van der Waals surface area contributed by atoms with E-state index in [9.17, 15) is 0 Å². The van der Waals surface area contributed by atoms with E-state index in [0.29, 0.717) is 19.1 Å². The summed E-state index contributed by atoms with van der Waals surface area (Å²) in [5.74, 6) is 0.597. The highest BCUT2D eigenvalue weighted by Crippen LogP contribution is 2.28. The lowest BCUT2D eigenvalue weighted by atomic mass is 10.2. The fraction of sp³-hybridized carbons (Fsp3) is 0.357. The van der Waals surface area contributed by atoms with Crippen molar-refractivity contribution in [3.8, 4) is 5.88 Å². The molecule has 0 aromatic carbocycles. The predicted octanol–water partition coefficient (Wildman–Crippen LogP) is 3.99. The highest BCUT2D eigenvalue weighted by molar-refractivity contribution is 7.16. The molecule has 0 bridgehead atoms. The van der Waals surface area contributed by atoms with E-state index in [1.54, 1.807) is 24.6 Å². The summed E-state index contributed by atoms with van der Waals surface area (Å²) in [5, 5.41) is 3.37. The number of anilines is 1. The van der Waals surface area contributed by atoms with Crippen LogP contribution in [0.4, 0.5) is 5.69 Å². The van der Waals surface area contributed by atoms with Crippen LogP contribution in [-0.4, -0.2) is 25.3 Å². The second kappa shape index (κ2) is 7.47. The normalized spacial score (nSPS) is 12.2. The Labute approximate surface area is 127 Å². The molecule has 2 heterocycles. The van der Waals surface area contributed by atoms with Gasteiger partial charge < -0.3 is 14.8 Å². The minimum atomic E-state index is 0.189. The number of nitrogens with zero attached hydrogens (tertiary/aromatic N) is 1. The first-order chi connectivity index (χ1) is 9.69. The van der Waals surface area contributed by atoms with Crippen LogP contribution in [0.5, 0.6) is 5.88 Å². The fourth-order valence-corrected chi connectivity index (χ4v) is 2.73. The van der Waals surface area contributed by atoms with E-state index >= 15 is 0 Å². The molecule has 4 nitrogen and oxygen atoms in total. The minimum absolute atomic E-state index is 0.189. The number of hydrogen-bond acceptors (Lipinski definition) is 5. The molecule has 0 aliphatic carbocycles. The predicted molar refractivity (Wildman–Crippen MR) is 83.0 cm³/mol. The van der Waals surface area contributed by atoms with E-state index in [2.05, 4.69) is 17.2 Å². The maximum absolute atomic E-state index is 5.94. The summed E-state index contributed by atoms with van der Waals surface area (Å²) in [4.78, 5) is 5.43. The van der Waals surface area contributed by atoms with Crippen LogP contribution in [0.3, 0.4) is 0 Å². The van der Waals surface area contributed by atoms with E-state index in [4.69, 9.17) is 21.1 Å². The first kappa shape index (κ1) is 15.1. The summed E-state index contributed by atoms with van der Waals surface area (Å²) in [6, 6.07) is 7.91. The quantitative estimate of drug-likeness (QED) is 0.785. The molecule has 1 N–H and O–H groups in total. The molecule has 0 radical (unpaired) electrons. The molecule has 0 aliphatic rings. The lowest BCUT2D eigenvalue weighted by molar-refractivity contribution is 0.144. The second-order valence-electron chi connectivity index (χ2n) is 4.23. The summed E-state index contributed by atoms with van der Waals surface area (Å²) in [5.41, 5.74) is 0.945. The number of thiophene rings is 1. The third-order valence-corrected chi connectivity index (χ3v) is 4.09. The zero-order chi connectivity index (χ0) is 14.4. The summed E-state index contributed by atoms with van der Waals surface area (Å²) in [6.45, 7) is 3.14. The number of rotatable bonds is 7.